The number of nitrogens with zero attached hydrogens (tertiary/aromatic N) is 3. The molecule has 0 saturated carbocycles. The van der Waals surface area contributed by atoms with Gasteiger partial charge in [0.2, 0.25) is 29.0 Å². The number of hydrogen-bond acceptors (Lipinski definition) is 11. The molecule has 4 aromatic carbocycles. The predicted molar refractivity (Wildman–Crippen MR) is 202 cm³/mol. The predicted octanol–water partition coefficient (Wildman–Crippen LogP) is 6.46. The first-order valence-electron chi connectivity index (χ1n) is 16.0. The molecule has 0 heterocycles. The lowest BCUT2D eigenvalue weighted by molar-refractivity contribution is -1.06. The number of halogens is 2. The van der Waals surface area contributed by atoms with Crippen LogP contribution in [-0.4, -0.2) is 64.3 Å². The molecule has 4 aromatic rings. The Morgan fingerprint density at radius 2 is 1.06 bits per heavy atom. The van der Waals surface area contributed by atoms with E-state index in [4.69, 9.17) is 61.9 Å². The number of hydrazine groups is 2. The van der Waals surface area contributed by atoms with Crippen LogP contribution in [0.25, 0.3) is 0 Å². The Bertz CT molecular complexity index is 2170. The minimum Gasteiger partial charge on any atom is -0.495 e. The largest absolute Gasteiger partial charge is 0.495 e. The van der Waals surface area contributed by atoms with Gasteiger partial charge in [-0.3, -0.25) is 5.41 Å². The summed E-state index contributed by atoms with van der Waals surface area (Å²) in [5, 5.41) is 9.83. The van der Waals surface area contributed by atoms with Crippen molar-refractivity contribution in [2.24, 2.45) is 5.73 Å². The Kier molecular flexibility index (Phi) is 13.6. The number of hydrogen-bond donors (Lipinski definition) is 2. The normalized spacial score (nSPS) is 12.1. The molecular weight excluding hydrogens is 785 g/mol. The zero-order valence-corrected chi connectivity index (χ0v) is 33.2. The van der Waals surface area contributed by atoms with E-state index in [2.05, 4.69) is 0 Å². The summed E-state index contributed by atoms with van der Waals surface area (Å²) in [5.74, 6) is -0.493. The number of methoxy groups -OCH3 is 2. The Balaban J connectivity index is 1.66. The second-order valence-corrected chi connectivity index (χ2v) is 15.2. The molecule has 0 saturated heterocycles. The number of ether oxygens (including phenoxy) is 2. The van der Waals surface area contributed by atoms with Gasteiger partial charge in [-0.1, -0.05) is 37.0 Å². The van der Waals surface area contributed by atoms with Crippen LogP contribution in [0.4, 0.5) is 0 Å². The third-order valence-electron chi connectivity index (χ3n) is 6.91. The molecule has 0 aliphatic heterocycles. The lowest BCUT2D eigenvalue weighted by Gasteiger charge is -2.14. The standard InChI is InChI=1S/C35H39Cl2N5O10S2/c1-7-13-40(49-27-15-23(3)17-29(21-27)51-53(43,44)33-19-25(36)9-11-31(33)47-5)42(35(38)39)41(14-8-2)50-28-16-24(4)18-30(22-28)52-54(45,46)34-20-26(37)10-12-32(34)48-6/h9-22H,7-8H2,1-6H3,(H3,38,39)/q+2. The fourth-order valence-electron chi connectivity index (χ4n) is 4.80. The second-order valence-electron chi connectivity index (χ2n) is 11.3. The van der Waals surface area contributed by atoms with E-state index in [1.807, 2.05) is 0 Å². The van der Waals surface area contributed by atoms with E-state index in [-0.39, 0.29) is 54.3 Å². The molecule has 3 N–H and O–H groups in total. The van der Waals surface area contributed by atoms with Crippen molar-refractivity contribution in [1.29, 1.82) is 5.41 Å². The first kappa shape index (κ1) is 41.5. The molecule has 15 nitrogen and oxygen atoms in total. The topological polar surface area (TPSA) is 183 Å². The molecule has 0 unspecified atom stereocenters. The van der Waals surface area contributed by atoms with Gasteiger partial charge in [0, 0.05) is 35.0 Å². The maximum atomic E-state index is 13.3. The number of aryl methyl sites for hydroxylation is 2. The van der Waals surface area contributed by atoms with E-state index in [1.165, 1.54) is 87.3 Å². The van der Waals surface area contributed by atoms with Gasteiger partial charge >= 0.3 is 26.2 Å². The fourth-order valence-corrected chi connectivity index (χ4v) is 7.49. The lowest BCUT2D eigenvalue weighted by atomic mass is 10.2. The zero-order chi connectivity index (χ0) is 39.8. The molecule has 288 valence electrons. The zero-order valence-electron chi connectivity index (χ0n) is 30.1. The smallest absolute Gasteiger partial charge is 0.342 e. The molecule has 0 bridgehead atoms. The van der Waals surface area contributed by atoms with Crippen molar-refractivity contribution in [2.45, 2.75) is 50.3 Å². The number of benzene rings is 4. The number of nitrogens with two attached hydrogens (primary N) is 1. The van der Waals surface area contributed by atoms with Gasteiger partial charge in [0.25, 0.3) is 0 Å². The van der Waals surface area contributed by atoms with Crippen molar-refractivity contribution >= 4 is 61.8 Å². The van der Waals surface area contributed by atoms with Gasteiger partial charge in [-0.25, -0.2) is 9.68 Å². The molecule has 0 radical (unpaired) electrons. The summed E-state index contributed by atoms with van der Waals surface area (Å²) in [7, 11) is -6.20. The van der Waals surface area contributed by atoms with Crippen molar-refractivity contribution in [3.05, 3.63) is 94.0 Å². The van der Waals surface area contributed by atoms with Crippen molar-refractivity contribution < 1.29 is 54.0 Å². The molecule has 0 aliphatic rings. The SMILES string of the molecule is CCC=[N+](Oc1cc(C)cc(OS(=O)(=O)c2cc(Cl)ccc2OC)c1)N(C(=N)N)[N+](=CCC)Oc1cc(C)cc(OS(=O)(=O)c2cc(Cl)ccc2OC)c1. The summed E-state index contributed by atoms with van der Waals surface area (Å²) in [5.41, 5.74) is 7.20. The van der Waals surface area contributed by atoms with Crippen LogP contribution >= 0.6 is 23.2 Å². The van der Waals surface area contributed by atoms with Crippen molar-refractivity contribution in [3.63, 3.8) is 0 Å². The highest BCUT2D eigenvalue weighted by molar-refractivity contribution is 7.87. The number of rotatable bonds is 16. The lowest BCUT2D eigenvalue weighted by Crippen LogP contribution is -2.53. The van der Waals surface area contributed by atoms with Crippen LogP contribution < -0.4 is 33.2 Å². The first-order chi connectivity index (χ1) is 25.5. The van der Waals surface area contributed by atoms with E-state index in [9.17, 15) is 16.8 Å². The van der Waals surface area contributed by atoms with Crippen molar-refractivity contribution in [3.8, 4) is 34.5 Å². The van der Waals surface area contributed by atoms with Gasteiger partial charge in [-0.15, -0.1) is 0 Å². The summed E-state index contributed by atoms with van der Waals surface area (Å²) in [6.45, 7) is 7.00. The highest BCUT2D eigenvalue weighted by atomic mass is 35.5. The van der Waals surface area contributed by atoms with Gasteiger partial charge in [0.15, 0.2) is 9.70 Å². The molecule has 19 heteroatoms. The summed E-state index contributed by atoms with van der Waals surface area (Å²) < 4.78 is 74.5. The number of nitrogens with one attached hydrogen (secondary N) is 1. The third-order valence-corrected chi connectivity index (χ3v) is 9.92. The van der Waals surface area contributed by atoms with E-state index < -0.39 is 26.2 Å². The van der Waals surface area contributed by atoms with E-state index >= 15 is 0 Å². The number of guanidine groups is 1. The average molecular weight is 825 g/mol. The molecule has 0 spiro atoms. The monoisotopic (exact) mass is 823 g/mol. The van der Waals surface area contributed by atoms with Crippen LogP contribution in [0.15, 0.2) is 82.6 Å². The molecule has 54 heavy (non-hydrogen) atoms. The maximum Gasteiger partial charge on any atom is 0.342 e. The van der Waals surface area contributed by atoms with Gasteiger partial charge in [-0.2, -0.15) is 16.8 Å². The van der Waals surface area contributed by atoms with Crippen LogP contribution in [0.2, 0.25) is 10.0 Å². The Labute approximate surface area is 323 Å². The van der Waals surface area contributed by atoms with Crippen LogP contribution in [0.1, 0.15) is 37.8 Å². The molecule has 0 aliphatic carbocycles. The minimum atomic E-state index is -4.42. The van der Waals surface area contributed by atoms with Gasteiger partial charge in [-0.05, 0) is 85.6 Å². The summed E-state index contributed by atoms with van der Waals surface area (Å²) >= 11 is 12.1. The van der Waals surface area contributed by atoms with E-state index in [0.717, 1.165) is 14.8 Å². The first-order valence-corrected chi connectivity index (χ1v) is 19.6. The molecule has 0 aromatic heterocycles. The van der Waals surface area contributed by atoms with E-state index in [1.54, 1.807) is 39.8 Å². The second kappa shape index (κ2) is 17.7. The van der Waals surface area contributed by atoms with Gasteiger partial charge in [0.05, 0.1) is 14.2 Å². The Hall–Kier alpha value is -5.23. The molecule has 0 atom stereocenters. The average Bonchev–Trinajstić information content (AvgIpc) is 3.07. The van der Waals surface area contributed by atoms with Crippen LogP contribution in [-0.2, 0) is 20.2 Å². The summed E-state index contributed by atoms with van der Waals surface area (Å²) in [6, 6.07) is 17.0. The highest BCUT2D eigenvalue weighted by Gasteiger charge is 2.38. The fraction of sp³-hybridized carbons (Fsp3) is 0.229. The Morgan fingerprint density at radius 1 is 0.685 bits per heavy atom. The quantitative estimate of drug-likeness (QED) is 0.0414. The van der Waals surface area contributed by atoms with Crippen molar-refractivity contribution in [1.82, 2.24) is 5.12 Å². The van der Waals surface area contributed by atoms with Crippen LogP contribution in [0.3, 0.4) is 0 Å². The van der Waals surface area contributed by atoms with Gasteiger partial charge in [0.1, 0.15) is 32.8 Å². The molecule has 0 amide bonds. The third kappa shape index (κ3) is 10.5. The summed E-state index contributed by atoms with van der Waals surface area (Å²) in [4.78, 5) is 13.9. The van der Waals surface area contributed by atoms with Crippen LogP contribution in [0, 0.1) is 19.3 Å². The molecule has 0 fully saturated rings. The summed E-state index contributed by atoms with van der Waals surface area (Å²) in [6.07, 6.45) is 3.81. The van der Waals surface area contributed by atoms with E-state index in [0.29, 0.717) is 24.0 Å². The Morgan fingerprint density at radius 3 is 1.39 bits per heavy atom. The highest BCUT2D eigenvalue weighted by Crippen LogP contribution is 2.33. The maximum absolute atomic E-state index is 13.3. The molecular formula is C35H39Cl2N5O10S2+2. The van der Waals surface area contributed by atoms with Crippen molar-refractivity contribution in [2.75, 3.05) is 14.2 Å². The number of hydrazone groups is 2. The molecule has 4 rings (SSSR count). The van der Waals surface area contributed by atoms with Gasteiger partial charge < -0.3 is 23.6 Å². The minimum absolute atomic E-state index is 0.0341. The van der Waals surface area contributed by atoms with Crippen LogP contribution in [0.5, 0.6) is 34.5 Å².